The van der Waals surface area contributed by atoms with Crippen molar-refractivity contribution in [2.45, 2.75) is 12.5 Å². The molecule has 1 aliphatic heterocycles. The molecule has 1 heterocycles. The molecule has 82 valence electrons. The van der Waals surface area contributed by atoms with Crippen LogP contribution in [0.25, 0.3) is 0 Å². The molecule has 0 aromatic carbocycles. The van der Waals surface area contributed by atoms with Gasteiger partial charge in [0.2, 0.25) is 0 Å². The van der Waals surface area contributed by atoms with Crippen molar-refractivity contribution in [1.29, 1.82) is 0 Å². The largest absolute Gasteiger partial charge is 0.480 e. The number of methoxy groups -OCH3 is 1. The van der Waals surface area contributed by atoms with E-state index in [1.807, 2.05) is 0 Å². The summed E-state index contributed by atoms with van der Waals surface area (Å²) in [6, 6.07) is -0.846. The van der Waals surface area contributed by atoms with Gasteiger partial charge in [-0.05, 0) is 18.3 Å². The number of hydrogen-bond acceptors (Lipinski definition) is 4. The van der Waals surface area contributed by atoms with E-state index in [0.29, 0.717) is 6.54 Å². The van der Waals surface area contributed by atoms with Gasteiger partial charge in [-0.1, -0.05) is 0 Å². The van der Waals surface area contributed by atoms with Gasteiger partial charge < -0.3 is 14.7 Å². The van der Waals surface area contributed by atoms with E-state index in [0.717, 1.165) is 18.4 Å². The van der Waals surface area contributed by atoms with E-state index in [2.05, 4.69) is 4.74 Å². The number of piperidine rings is 1. The van der Waals surface area contributed by atoms with Gasteiger partial charge in [0.05, 0.1) is 7.11 Å². The van der Waals surface area contributed by atoms with E-state index in [1.165, 1.54) is 0 Å². The van der Waals surface area contributed by atoms with Crippen LogP contribution in [0, 0.1) is 11.8 Å². The molecule has 1 amide bonds. The van der Waals surface area contributed by atoms with Gasteiger partial charge in [0, 0.05) is 6.54 Å². The Labute approximate surface area is 85.8 Å². The Morgan fingerprint density at radius 2 is 2.07 bits per heavy atom. The number of nitrogens with zero attached hydrogens (tertiary/aromatic N) is 1. The van der Waals surface area contributed by atoms with Gasteiger partial charge >= 0.3 is 17.8 Å². The van der Waals surface area contributed by atoms with E-state index in [-0.39, 0.29) is 11.8 Å². The lowest BCUT2D eigenvalue weighted by Gasteiger charge is -2.22. The summed E-state index contributed by atoms with van der Waals surface area (Å²) < 4.78 is 4.28. The Balaban J connectivity index is 2.12. The van der Waals surface area contributed by atoms with E-state index in [9.17, 15) is 14.4 Å². The molecular formula is C9H11NO5. The van der Waals surface area contributed by atoms with Crippen LogP contribution in [0.1, 0.15) is 6.42 Å². The van der Waals surface area contributed by atoms with E-state index in [4.69, 9.17) is 5.11 Å². The second-order valence-corrected chi connectivity index (χ2v) is 3.89. The maximum absolute atomic E-state index is 11.4. The fourth-order valence-electron chi connectivity index (χ4n) is 2.20. The summed E-state index contributed by atoms with van der Waals surface area (Å²) in [7, 11) is 1.10. The summed E-state index contributed by atoms with van der Waals surface area (Å²) in [6.07, 6.45) is 0.835. The number of carbonyl (C=O) groups excluding carboxylic acids is 2. The summed E-state index contributed by atoms with van der Waals surface area (Å²) >= 11 is 0. The zero-order valence-electron chi connectivity index (χ0n) is 8.17. The lowest BCUT2D eigenvalue weighted by atomic mass is 10.2. The summed E-state index contributed by atoms with van der Waals surface area (Å²) in [5.41, 5.74) is 0. The number of likely N-dealkylation sites (tertiary alicyclic amines) is 1. The van der Waals surface area contributed by atoms with Crippen molar-refractivity contribution in [3.8, 4) is 0 Å². The van der Waals surface area contributed by atoms with Crippen LogP contribution in [0.15, 0.2) is 0 Å². The average Bonchev–Trinajstić information content (AvgIpc) is 2.86. The molecule has 0 radical (unpaired) electrons. The molecular weight excluding hydrogens is 202 g/mol. The van der Waals surface area contributed by atoms with Gasteiger partial charge in [-0.3, -0.25) is 4.79 Å². The molecule has 1 aliphatic carbocycles. The third kappa shape index (κ3) is 1.45. The van der Waals surface area contributed by atoms with Crippen LogP contribution in [0.2, 0.25) is 0 Å². The number of esters is 1. The first-order chi connectivity index (χ1) is 7.06. The quantitative estimate of drug-likeness (QED) is 0.450. The maximum Gasteiger partial charge on any atom is 0.396 e. The van der Waals surface area contributed by atoms with Crippen molar-refractivity contribution in [2.75, 3.05) is 13.7 Å². The number of amides is 1. The molecule has 3 atom stereocenters. The Hall–Kier alpha value is -1.59. The molecule has 1 saturated heterocycles. The lowest BCUT2D eigenvalue weighted by Crippen LogP contribution is -2.46. The number of hydrogen-bond donors (Lipinski definition) is 1. The smallest absolute Gasteiger partial charge is 0.396 e. The Bertz CT molecular complexity index is 339. The van der Waals surface area contributed by atoms with E-state index >= 15 is 0 Å². The van der Waals surface area contributed by atoms with E-state index in [1.54, 1.807) is 0 Å². The van der Waals surface area contributed by atoms with Gasteiger partial charge in [-0.2, -0.15) is 0 Å². The normalized spacial score (nSPS) is 32.1. The van der Waals surface area contributed by atoms with Gasteiger partial charge in [0.1, 0.15) is 6.04 Å². The zero-order chi connectivity index (χ0) is 11.2. The minimum Gasteiger partial charge on any atom is -0.480 e. The molecule has 2 rings (SSSR count). The predicted molar refractivity (Wildman–Crippen MR) is 46.7 cm³/mol. The molecule has 0 bridgehead atoms. The van der Waals surface area contributed by atoms with Crippen LogP contribution in [0.3, 0.4) is 0 Å². The van der Waals surface area contributed by atoms with Gasteiger partial charge in [0.15, 0.2) is 0 Å². The van der Waals surface area contributed by atoms with Crippen LogP contribution in [-0.2, 0) is 19.1 Å². The van der Waals surface area contributed by atoms with Crippen LogP contribution in [-0.4, -0.2) is 47.5 Å². The fourth-order valence-corrected chi connectivity index (χ4v) is 2.20. The highest BCUT2D eigenvalue weighted by molar-refractivity contribution is 6.32. The zero-order valence-corrected chi connectivity index (χ0v) is 8.17. The first kappa shape index (κ1) is 9.95. The summed E-state index contributed by atoms with van der Waals surface area (Å²) in [4.78, 5) is 34.5. The maximum atomic E-state index is 11.4. The Kier molecular flexibility index (Phi) is 2.13. The standard InChI is InChI=1S/C9H11NO5/c1-15-9(14)7(11)10-3-4-2-5(4)6(10)8(12)13/h4-6H,2-3H2,1H3,(H,12,13). The molecule has 1 saturated carbocycles. The van der Waals surface area contributed by atoms with Gasteiger partial charge in [-0.15, -0.1) is 0 Å². The molecule has 6 nitrogen and oxygen atoms in total. The Morgan fingerprint density at radius 1 is 1.40 bits per heavy atom. The van der Waals surface area contributed by atoms with Crippen molar-refractivity contribution in [2.24, 2.45) is 11.8 Å². The topological polar surface area (TPSA) is 83.9 Å². The van der Waals surface area contributed by atoms with Crippen molar-refractivity contribution in [1.82, 2.24) is 4.90 Å². The van der Waals surface area contributed by atoms with Gasteiger partial charge in [0.25, 0.3) is 0 Å². The molecule has 0 aromatic rings. The Morgan fingerprint density at radius 3 is 2.60 bits per heavy atom. The number of ether oxygens (including phenoxy) is 1. The molecule has 2 aliphatic rings. The SMILES string of the molecule is COC(=O)C(=O)N1CC2CC2C1C(=O)O. The molecule has 0 spiro atoms. The monoisotopic (exact) mass is 213 g/mol. The first-order valence-corrected chi connectivity index (χ1v) is 4.68. The third-order valence-corrected chi connectivity index (χ3v) is 3.02. The van der Waals surface area contributed by atoms with Gasteiger partial charge in [-0.25, -0.2) is 9.59 Å². The summed E-state index contributed by atoms with van der Waals surface area (Å²) in [5, 5.41) is 8.94. The summed E-state index contributed by atoms with van der Waals surface area (Å²) in [5.74, 6) is -2.62. The molecule has 3 unspecified atom stereocenters. The minimum absolute atomic E-state index is 0.0242. The van der Waals surface area contributed by atoms with Crippen molar-refractivity contribution in [3.05, 3.63) is 0 Å². The molecule has 6 heteroatoms. The first-order valence-electron chi connectivity index (χ1n) is 4.68. The molecule has 15 heavy (non-hydrogen) atoms. The highest BCUT2D eigenvalue weighted by atomic mass is 16.5. The van der Waals surface area contributed by atoms with Crippen LogP contribution < -0.4 is 0 Å². The summed E-state index contributed by atoms with van der Waals surface area (Å²) in [6.45, 7) is 0.357. The molecule has 0 aromatic heterocycles. The van der Waals surface area contributed by atoms with Crippen LogP contribution in [0.5, 0.6) is 0 Å². The van der Waals surface area contributed by atoms with Crippen molar-refractivity contribution >= 4 is 17.8 Å². The van der Waals surface area contributed by atoms with Crippen molar-refractivity contribution < 1.29 is 24.2 Å². The third-order valence-electron chi connectivity index (χ3n) is 3.02. The molecule has 1 N–H and O–H groups in total. The fraction of sp³-hybridized carbons (Fsp3) is 0.667. The average molecular weight is 213 g/mol. The number of carboxylic acids is 1. The predicted octanol–water partition coefficient (Wildman–Crippen LogP) is -0.909. The number of carbonyl (C=O) groups is 3. The number of rotatable bonds is 1. The number of carboxylic acid groups (broad SMARTS) is 1. The highest BCUT2D eigenvalue weighted by Gasteiger charge is 2.58. The van der Waals surface area contributed by atoms with Crippen molar-refractivity contribution in [3.63, 3.8) is 0 Å². The van der Waals surface area contributed by atoms with Crippen LogP contribution in [0.4, 0.5) is 0 Å². The second-order valence-electron chi connectivity index (χ2n) is 3.89. The highest BCUT2D eigenvalue weighted by Crippen LogP contribution is 2.49. The van der Waals surface area contributed by atoms with Crippen LogP contribution >= 0.6 is 0 Å². The second kappa shape index (κ2) is 3.22. The number of aliphatic carboxylic acids is 1. The number of fused-ring (bicyclic) bond motifs is 1. The van der Waals surface area contributed by atoms with E-state index < -0.39 is 23.9 Å². The minimum atomic E-state index is -1.04. The lowest BCUT2D eigenvalue weighted by molar-refractivity contribution is -0.161. The molecule has 2 fully saturated rings.